The molecule has 29 heavy (non-hydrogen) atoms. The predicted octanol–water partition coefficient (Wildman–Crippen LogP) is 6.57. The minimum atomic E-state index is -0.456. The average molecular weight is 431 g/mol. The molecule has 0 aliphatic heterocycles. The molecule has 0 aliphatic carbocycles. The minimum Gasteiger partial charge on any atom is -0.327 e. The molecular weight excluding hydrogens is 410 g/mol. The van der Waals surface area contributed by atoms with Crippen molar-refractivity contribution in [3.63, 3.8) is 0 Å². The zero-order valence-corrected chi connectivity index (χ0v) is 17.7. The molecular formula is C23H21Cl2FN2O. The molecule has 150 valence electrons. The van der Waals surface area contributed by atoms with Gasteiger partial charge in [0.1, 0.15) is 5.82 Å². The second-order valence-electron chi connectivity index (χ2n) is 7.16. The van der Waals surface area contributed by atoms with Gasteiger partial charge in [0.05, 0.1) is 6.04 Å². The van der Waals surface area contributed by atoms with E-state index in [4.69, 9.17) is 23.2 Å². The van der Waals surface area contributed by atoms with Crippen LogP contribution in [0.5, 0.6) is 0 Å². The van der Waals surface area contributed by atoms with E-state index in [1.807, 2.05) is 32.0 Å². The Labute approximate surface area is 180 Å². The molecule has 0 fully saturated rings. The Morgan fingerprint density at radius 3 is 2.52 bits per heavy atom. The lowest BCUT2D eigenvalue weighted by molar-refractivity contribution is 0.0601. The highest BCUT2D eigenvalue weighted by Crippen LogP contribution is 2.36. The van der Waals surface area contributed by atoms with E-state index in [1.54, 1.807) is 35.5 Å². The van der Waals surface area contributed by atoms with Crippen molar-refractivity contribution in [3.8, 4) is 0 Å². The van der Waals surface area contributed by atoms with Gasteiger partial charge in [-0.05, 0) is 53.4 Å². The molecule has 1 atom stereocenters. The Morgan fingerprint density at radius 1 is 1.10 bits per heavy atom. The van der Waals surface area contributed by atoms with Gasteiger partial charge in [0, 0.05) is 34.5 Å². The Bertz CT molecular complexity index is 995. The van der Waals surface area contributed by atoms with E-state index < -0.39 is 5.82 Å². The Hall–Kier alpha value is -2.43. The van der Waals surface area contributed by atoms with Gasteiger partial charge in [0.2, 0.25) is 0 Å². The number of rotatable bonds is 6. The maximum Gasteiger partial charge on any atom is 0.254 e. The molecule has 0 spiro atoms. The molecule has 1 unspecified atom stereocenters. The minimum absolute atomic E-state index is 0.0443. The molecule has 0 saturated carbocycles. The fourth-order valence-electron chi connectivity index (χ4n) is 3.40. The molecule has 6 heteroatoms. The molecule has 0 saturated heterocycles. The highest BCUT2D eigenvalue weighted by molar-refractivity contribution is 6.35. The summed E-state index contributed by atoms with van der Waals surface area (Å²) in [6.45, 7) is 4.35. The summed E-state index contributed by atoms with van der Waals surface area (Å²) in [7, 11) is 0. The number of carbonyl (C=O) groups is 1. The molecule has 0 N–H and O–H groups in total. The summed E-state index contributed by atoms with van der Waals surface area (Å²) in [6, 6.07) is 14.4. The number of aromatic nitrogens is 1. The summed E-state index contributed by atoms with van der Waals surface area (Å²) in [6.07, 6.45) is 3.39. The topological polar surface area (TPSA) is 33.2 Å². The summed E-state index contributed by atoms with van der Waals surface area (Å²) < 4.78 is 13.8. The maximum atomic E-state index is 13.8. The van der Waals surface area contributed by atoms with Gasteiger partial charge < -0.3 is 4.90 Å². The Balaban J connectivity index is 2.09. The third kappa shape index (κ3) is 5.14. The summed E-state index contributed by atoms with van der Waals surface area (Å²) in [5.41, 5.74) is 1.94. The van der Waals surface area contributed by atoms with Crippen LogP contribution in [0.25, 0.3) is 0 Å². The molecule has 1 aromatic heterocycles. The van der Waals surface area contributed by atoms with E-state index in [0.717, 1.165) is 11.1 Å². The smallest absolute Gasteiger partial charge is 0.254 e. The molecule has 0 bridgehead atoms. The highest BCUT2D eigenvalue weighted by Gasteiger charge is 2.30. The van der Waals surface area contributed by atoms with E-state index in [0.29, 0.717) is 16.6 Å². The molecule has 1 heterocycles. The number of hydrogen-bond donors (Lipinski definition) is 0. The number of amides is 1. The van der Waals surface area contributed by atoms with E-state index in [1.165, 1.54) is 18.2 Å². The second kappa shape index (κ2) is 9.38. The number of hydrogen-bond acceptors (Lipinski definition) is 2. The first-order valence-corrected chi connectivity index (χ1v) is 10.0. The molecule has 1 amide bonds. The molecule has 2 aromatic carbocycles. The average Bonchev–Trinajstić information content (AvgIpc) is 2.69. The van der Waals surface area contributed by atoms with Gasteiger partial charge in [-0.3, -0.25) is 9.78 Å². The molecule has 3 nitrogen and oxygen atoms in total. The standard InChI is InChI=1S/C23H21Cl2FN2O/c1-15(2)22(20-9-8-18(24)12-21(20)25)28(14-16-5-4-10-27-13-16)23(29)17-6-3-7-19(26)11-17/h3-13,15,22H,14H2,1-2H3. The lowest BCUT2D eigenvalue weighted by Gasteiger charge is -2.35. The van der Waals surface area contributed by atoms with Gasteiger partial charge in [-0.15, -0.1) is 0 Å². The van der Waals surface area contributed by atoms with Crippen LogP contribution in [0.2, 0.25) is 10.0 Å². The van der Waals surface area contributed by atoms with Gasteiger partial charge in [-0.1, -0.05) is 55.2 Å². The number of carbonyl (C=O) groups excluding carboxylic acids is 1. The van der Waals surface area contributed by atoms with Crippen LogP contribution in [0.1, 0.15) is 41.4 Å². The van der Waals surface area contributed by atoms with Crippen LogP contribution < -0.4 is 0 Å². The normalized spacial score (nSPS) is 12.1. The first-order valence-electron chi connectivity index (χ1n) is 9.27. The molecule has 3 aromatic rings. The Morgan fingerprint density at radius 2 is 1.90 bits per heavy atom. The number of benzene rings is 2. The van der Waals surface area contributed by atoms with Crippen molar-refractivity contribution >= 4 is 29.1 Å². The van der Waals surface area contributed by atoms with Gasteiger partial charge in [-0.25, -0.2) is 4.39 Å². The maximum absolute atomic E-state index is 13.8. The van der Waals surface area contributed by atoms with Crippen LogP contribution in [0.4, 0.5) is 4.39 Å². The Kier molecular flexibility index (Phi) is 6.88. The lowest BCUT2D eigenvalue weighted by Crippen LogP contribution is -2.37. The van der Waals surface area contributed by atoms with Crippen molar-refractivity contribution in [1.29, 1.82) is 0 Å². The fraction of sp³-hybridized carbons (Fsp3) is 0.217. The molecule has 3 rings (SSSR count). The second-order valence-corrected chi connectivity index (χ2v) is 8.00. The summed E-state index contributed by atoms with van der Waals surface area (Å²) in [5, 5.41) is 1.01. The van der Waals surface area contributed by atoms with Crippen LogP contribution in [0.15, 0.2) is 67.0 Å². The van der Waals surface area contributed by atoms with Crippen molar-refractivity contribution in [1.82, 2.24) is 9.88 Å². The monoisotopic (exact) mass is 430 g/mol. The van der Waals surface area contributed by atoms with E-state index >= 15 is 0 Å². The third-order valence-corrected chi connectivity index (χ3v) is 5.22. The van der Waals surface area contributed by atoms with Crippen LogP contribution in [-0.4, -0.2) is 15.8 Å². The fourth-order valence-corrected chi connectivity index (χ4v) is 3.92. The van der Waals surface area contributed by atoms with Crippen molar-refractivity contribution in [3.05, 3.63) is 99.5 Å². The van der Waals surface area contributed by atoms with Crippen molar-refractivity contribution in [2.75, 3.05) is 0 Å². The zero-order chi connectivity index (χ0) is 21.0. The number of pyridine rings is 1. The SMILES string of the molecule is CC(C)C(c1ccc(Cl)cc1Cl)N(Cc1cccnc1)C(=O)c1cccc(F)c1. The van der Waals surface area contributed by atoms with E-state index in [-0.39, 0.29) is 23.4 Å². The van der Waals surface area contributed by atoms with Crippen molar-refractivity contribution in [2.24, 2.45) is 5.92 Å². The van der Waals surface area contributed by atoms with E-state index in [9.17, 15) is 9.18 Å². The van der Waals surface area contributed by atoms with Crippen LogP contribution in [0.3, 0.4) is 0 Å². The summed E-state index contributed by atoms with van der Waals surface area (Å²) in [4.78, 5) is 19.3. The van der Waals surface area contributed by atoms with Crippen LogP contribution in [0, 0.1) is 11.7 Å². The van der Waals surface area contributed by atoms with Gasteiger partial charge in [0.15, 0.2) is 0 Å². The van der Waals surface area contributed by atoms with Crippen molar-refractivity contribution < 1.29 is 9.18 Å². The quantitative estimate of drug-likeness (QED) is 0.443. The van der Waals surface area contributed by atoms with Gasteiger partial charge >= 0.3 is 0 Å². The van der Waals surface area contributed by atoms with Crippen LogP contribution in [-0.2, 0) is 6.54 Å². The van der Waals surface area contributed by atoms with Crippen LogP contribution >= 0.6 is 23.2 Å². The first-order chi connectivity index (χ1) is 13.9. The largest absolute Gasteiger partial charge is 0.327 e. The summed E-state index contributed by atoms with van der Waals surface area (Å²) in [5.74, 6) is -0.691. The van der Waals surface area contributed by atoms with Gasteiger partial charge in [-0.2, -0.15) is 0 Å². The van der Waals surface area contributed by atoms with Crippen molar-refractivity contribution in [2.45, 2.75) is 26.4 Å². The number of nitrogens with zero attached hydrogens (tertiary/aromatic N) is 2. The predicted molar refractivity (Wildman–Crippen MR) is 115 cm³/mol. The molecule has 0 radical (unpaired) electrons. The summed E-state index contributed by atoms with van der Waals surface area (Å²) >= 11 is 12.6. The molecule has 0 aliphatic rings. The number of halogens is 3. The van der Waals surface area contributed by atoms with Gasteiger partial charge in [0.25, 0.3) is 5.91 Å². The highest BCUT2D eigenvalue weighted by atomic mass is 35.5. The zero-order valence-electron chi connectivity index (χ0n) is 16.1. The third-order valence-electron chi connectivity index (χ3n) is 4.66. The first kappa shape index (κ1) is 21.3. The van der Waals surface area contributed by atoms with E-state index in [2.05, 4.69) is 4.98 Å². The lowest BCUT2D eigenvalue weighted by atomic mass is 9.93.